The van der Waals surface area contributed by atoms with Crippen LogP contribution in [0.4, 0.5) is 0 Å². The molecule has 22 heavy (non-hydrogen) atoms. The Morgan fingerprint density at radius 2 is 2.18 bits per heavy atom. The van der Waals surface area contributed by atoms with Crippen LogP contribution < -0.4 is 5.56 Å². The number of aryl methyl sites for hydroxylation is 1. The zero-order valence-electron chi connectivity index (χ0n) is 12.0. The number of hydrogen-bond acceptors (Lipinski definition) is 5. The fourth-order valence-corrected chi connectivity index (χ4v) is 3.96. The number of aromatic nitrogens is 3. The highest BCUT2D eigenvalue weighted by Gasteiger charge is 2.08. The van der Waals surface area contributed by atoms with Crippen LogP contribution in [0.2, 0.25) is 5.02 Å². The predicted molar refractivity (Wildman–Crippen MR) is 93.0 cm³/mol. The van der Waals surface area contributed by atoms with Gasteiger partial charge in [-0.3, -0.25) is 4.79 Å². The lowest BCUT2D eigenvalue weighted by molar-refractivity contribution is 0.852. The van der Waals surface area contributed by atoms with E-state index in [-0.39, 0.29) is 5.56 Å². The summed E-state index contributed by atoms with van der Waals surface area (Å²) in [5.41, 5.74) is 1.85. The van der Waals surface area contributed by atoms with E-state index in [0.29, 0.717) is 10.7 Å². The van der Waals surface area contributed by atoms with Crippen LogP contribution in [-0.4, -0.2) is 14.6 Å². The molecular formula is C15H14ClN3OS2. The Morgan fingerprint density at radius 1 is 1.32 bits per heavy atom. The Kier molecular flexibility index (Phi) is 4.81. The SMILES string of the molecule is CCc1nn2c(=O)cc(CSCc3cccc(Cl)c3)nc2s1. The van der Waals surface area contributed by atoms with E-state index in [1.807, 2.05) is 31.2 Å². The first kappa shape index (κ1) is 15.5. The van der Waals surface area contributed by atoms with E-state index < -0.39 is 0 Å². The Labute approximate surface area is 141 Å². The number of benzene rings is 1. The molecule has 0 aliphatic heterocycles. The van der Waals surface area contributed by atoms with Gasteiger partial charge in [0.2, 0.25) is 4.96 Å². The van der Waals surface area contributed by atoms with Crippen molar-refractivity contribution in [3.63, 3.8) is 0 Å². The molecule has 4 nitrogen and oxygen atoms in total. The lowest BCUT2D eigenvalue weighted by atomic mass is 10.2. The standard InChI is InChI=1S/C15H14ClN3OS2/c1-2-13-18-19-14(20)7-12(17-15(19)22-13)9-21-8-10-4-3-5-11(16)6-10/h3-7H,2,8-9H2,1H3. The third-order valence-corrected chi connectivity index (χ3v) is 5.38. The molecule has 0 aliphatic rings. The molecule has 0 saturated carbocycles. The normalized spacial score (nSPS) is 11.2. The van der Waals surface area contributed by atoms with Gasteiger partial charge in [0.25, 0.3) is 5.56 Å². The van der Waals surface area contributed by atoms with Crippen LogP contribution in [0.25, 0.3) is 4.96 Å². The second-order valence-corrected chi connectivity index (χ2v) is 7.21. The first-order valence-electron chi connectivity index (χ1n) is 6.86. The highest BCUT2D eigenvalue weighted by atomic mass is 35.5. The van der Waals surface area contributed by atoms with Crippen molar-refractivity contribution in [3.8, 4) is 0 Å². The molecule has 0 radical (unpaired) electrons. The molecule has 0 saturated heterocycles. The Morgan fingerprint density at radius 3 is 2.95 bits per heavy atom. The van der Waals surface area contributed by atoms with E-state index in [2.05, 4.69) is 10.1 Å². The van der Waals surface area contributed by atoms with Gasteiger partial charge in [-0.2, -0.15) is 21.4 Å². The van der Waals surface area contributed by atoms with Crippen LogP contribution in [0.1, 0.15) is 23.2 Å². The van der Waals surface area contributed by atoms with E-state index in [1.165, 1.54) is 21.4 Å². The van der Waals surface area contributed by atoms with E-state index in [0.717, 1.165) is 27.9 Å². The van der Waals surface area contributed by atoms with Crippen molar-refractivity contribution in [1.82, 2.24) is 14.6 Å². The fraction of sp³-hybridized carbons (Fsp3) is 0.267. The first-order chi connectivity index (χ1) is 10.7. The molecule has 0 aliphatic carbocycles. The molecule has 1 aromatic carbocycles. The molecule has 3 aromatic rings. The Balaban J connectivity index is 1.72. The molecule has 0 N–H and O–H groups in total. The smallest absolute Gasteiger partial charge is 0.267 e. The van der Waals surface area contributed by atoms with Crippen LogP contribution in [0.3, 0.4) is 0 Å². The minimum atomic E-state index is -0.112. The highest BCUT2D eigenvalue weighted by Crippen LogP contribution is 2.20. The number of halogens is 1. The lowest BCUT2D eigenvalue weighted by Gasteiger charge is -2.02. The van der Waals surface area contributed by atoms with E-state index in [9.17, 15) is 4.79 Å². The average molecular weight is 352 g/mol. The van der Waals surface area contributed by atoms with Gasteiger partial charge in [0.05, 0.1) is 5.69 Å². The summed E-state index contributed by atoms with van der Waals surface area (Å²) in [6.45, 7) is 2.02. The van der Waals surface area contributed by atoms with Crippen LogP contribution in [0.5, 0.6) is 0 Å². The van der Waals surface area contributed by atoms with Crippen molar-refractivity contribution in [2.45, 2.75) is 24.9 Å². The summed E-state index contributed by atoms with van der Waals surface area (Å²) in [7, 11) is 0. The first-order valence-corrected chi connectivity index (χ1v) is 9.21. The zero-order valence-corrected chi connectivity index (χ0v) is 14.3. The van der Waals surface area contributed by atoms with Crippen molar-refractivity contribution in [2.75, 3.05) is 0 Å². The monoisotopic (exact) mass is 351 g/mol. The van der Waals surface area contributed by atoms with Gasteiger partial charge >= 0.3 is 0 Å². The number of nitrogens with zero attached hydrogens (tertiary/aromatic N) is 3. The molecule has 0 fully saturated rings. The highest BCUT2D eigenvalue weighted by molar-refractivity contribution is 7.97. The van der Waals surface area contributed by atoms with Crippen LogP contribution >= 0.6 is 34.7 Å². The summed E-state index contributed by atoms with van der Waals surface area (Å²) in [6.07, 6.45) is 0.812. The number of hydrogen-bond donors (Lipinski definition) is 0. The minimum absolute atomic E-state index is 0.112. The van der Waals surface area contributed by atoms with Gasteiger partial charge in [-0.05, 0) is 24.1 Å². The lowest BCUT2D eigenvalue weighted by Crippen LogP contribution is -2.15. The van der Waals surface area contributed by atoms with Gasteiger partial charge in [-0.1, -0.05) is 42.0 Å². The second kappa shape index (κ2) is 6.81. The summed E-state index contributed by atoms with van der Waals surface area (Å²) < 4.78 is 1.38. The molecule has 3 rings (SSSR count). The number of rotatable bonds is 5. The zero-order chi connectivity index (χ0) is 15.5. The van der Waals surface area contributed by atoms with Gasteiger partial charge in [0.15, 0.2) is 0 Å². The predicted octanol–water partition coefficient (Wildman–Crippen LogP) is 3.80. The largest absolute Gasteiger partial charge is 0.275 e. The quantitative estimate of drug-likeness (QED) is 0.701. The van der Waals surface area contributed by atoms with Crippen molar-refractivity contribution >= 4 is 39.7 Å². The summed E-state index contributed by atoms with van der Waals surface area (Å²) in [6, 6.07) is 9.37. The van der Waals surface area contributed by atoms with Gasteiger partial charge in [0.1, 0.15) is 5.01 Å². The van der Waals surface area contributed by atoms with E-state index >= 15 is 0 Å². The maximum atomic E-state index is 12.0. The van der Waals surface area contributed by atoms with Crippen LogP contribution in [-0.2, 0) is 17.9 Å². The molecule has 2 heterocycles. The third-order valence-electron chi connectivity index (χ3n) is 3.05. The second-order valence-electron chi connectivity index (χ2n) is 4.75. The Hall–Kier alpha value is -1.37. The molecule has 0 spiro atoms. The summed E-state index contributed by atoms with van der Waals surface area (Å²) in [4.78, 5) is 17.2. The maximum Gasteiger partial charge on any atom is 0.275 e. The minimum Gasteiger partial charge on any atom is -0.267 e. The summed E-state index contributed by atoms with van der Waals surface area (Å²) in [5.74, 6) is 1.53. The number of fused-ring (bicyclic) bond motifs is 1. The maximum absolute atomic E-state index is 12.0. The van der Waals surface area contributed by atoms with Crippen molar-refractivity contribution < 1.29 is 0 Å². The van der Waals surface area contributed by atoms with Crippen molar-refractivity contribution in [1.29, 1.82) is 0 Å². The van der Waals surface area contributed by atoms with Crippen LogP contribution in [0.15, 0.2) is 35.1 Å². The van der Waals surface area contributed by atoms with E-state index in [4.69, 9.17) is 11.6 Å². The van der Waals surface area contributed by atoms with Crippen molar-refractivity contribution in [3.05, 3.63) is 62.0 Å². The molecule has 0 unspecified atom stereocenters. The van der Waals surface area contributed by atoms with Gasteiger partial charge in [-0.15, -0.1) is 0 Å². The Bertz CT molecular complexity index is 859. The fourth-order valence-electron chi connectivity index (χ4n) is 2.01. The molecule has 0 atom stereocenters. The van der Waals surface area contributed by atoms with Crippen molar-refractivity contribution in [2.24, 2.45) is 0 Å². The number of thioether (sulfide) groups is 1. The summed E-state index contributed by atoms with van der Waals surface area (Å²) in [5, 5.41) is 5.92. The average Bonchev–Trinajstić information content (AvgIpc) is 2.91. The summed E-state index contributed by atoms with van der Waals surface area (Å²) >= 11 is 9.16. The van der Waals surface area contributed by atoms with Gasteiger partial charge < -0.3 is 0 Å². The third kappa shape index (κ3) is 3.51. The molecular weight excluding hydrogens is 338 g/mol. The molecule has 2 aromatic heterocycles. The molecule has 7 heteroatoms. The molecule has 114 valence electrons. The van der Waals surface area contributed by atoms with Gasteiger partial charge in [-0.25, -0.2) is 4.98 Å². The van der Waals surface area contributed by atoms with E-state index in [1.54, 1.807) is 17.8 Å². The van der Waals surface area contributed by atoms with Gasteiger partial charge in [0, 0.05) is 22.6 Å². The van der Waals surface area contributed by atoms with Crippen LogP contribution in [0, 0.1) is 0 Å². The molecule has 0 amide bonds. The topological polar surface area (TPSA) is 47.3 Å². The molecule has 0 bridgehead atoms.